The molecule has 1 amide bonds. The first-order valence-corrected chi connectivity index (χ1v) is 9.72. The van der Waals surface area contributed by atoms with Crippen molar-refractivity contribution in [1.82, 2.24) is 16.2 Å². The standard InChI is InChI=1S/C17H20N4O3S2/c1-12(2)18-17(25)20-19-16(22)13-8-10-15(11-9-13)26(23,24)21-14-6-4-3-5-7-14/h3-12,21H,1-2H3,(H,19,22)(H2,18,20,25). The smallest absolute Gasteiger partial charge is 0.269 e. The topological polar surface area (TPSA) is 99.3 Å². The third-order valence-corrected chi connectivity index (χ3v) is 4.78. The van der Waals surface area contributed by atoms with Crippen molar-refractivity contribution >= 4 is 38.9 Å². The highest BCUT2D eigenvalue weighted by atomic mass is 32.2. The van der Waals surface area contributed by atoms with E-state index in [1.807, 2.05) is 13.8 Å². The zero-order chi connectivity index (χ0) is 19.2. The molecule has 2 aromatic rings. The largest absolute Gasteiger partial charge is 0.359 e. The summed E-state index contributed by atoms with van der Waals surface area (Å²) >= 11 is 5.01. The maximum atomic E-state index is 12.4. The number of hydrazine groups is 1. The van der Waals surface area contributed by atoms with Crippen LogP contribution >= 0.6 is 12.2 Å². The van der Waals surface area contributed by atoms with Crippen molar-refractivity contribution in [2.75, 3.05) is 4.72 Å². The van der Waals surface area contributed by atoms with Gasteiger partial charge in [0, 0.05) is 17.3 Å². The van der Waals surface area contributed by atoms with E-state index in [0.29, 0.717) is 16.4 Å². The minimum atomic E-state index is -3.72. The summed E-state index contributed by atoms with van der Waals surface area (Å²) in [6.07, 6.45) is 0. The monoisotopic (exact) mass is 392 g/mol. The lowest BCUT2D eigenvalue weighted by atomic mass is 10.2. The van der Waals surface area contributed by atoms with E-state index < -0.39 is 15.9 Å². The van der Waals surface area contributed by atoms with Gasteiger partial charge >= 0.3 is 0 Å². The van der Waals surface area contributed by atoms with Gasteiger partial charge in [0.15, 0.2) is 5.11 Å². The minimum Gasteiger partial charge on any atom is -0.359 e. The maximum absolute atomic E-state index is 12.4. The first-order chi connectivity index (χ1) is 12.3. The summed E-state index contributed by atoms with van der Waals surface area (Å²) in [5.41, 5.74) is 5.78. The summed E-state index contributed by atoms with van der Waals surface area (Å²) in [7, 11) is -3.72. The Hall–Kier alpha value is -2.65. The summed E-state index contributed by atoms with van der Waals surface area (Å²) in [6.45, 7) is 3.83. The molecule has 0 spiro atoms. The number of carbonyl (C=O) groups excluding carboxylic acids is 1. The van der Waals surface area contributed by atoms with Gasteiger partial charge in [-0.25, -0.2) is 8.42 Å². The van der Waals surface area contributed by atoms with Crippen molar-refractivity contribution in [2.45, 2.75) is 24.8 Å². The fourth-order valence-electron chi connectivity index (χ4n) is 1.99. The Labute approximate surface area is 158 Å². The molecule has 138 valence electrons. The lowest BCUT2D eigenvalue weighted by molar-refractivity contribution is 0.0943. The molecule has 2 rings (SSSR count). The second-order valence-corrected chi connectivity index (χ2v) is 7.79. The Morgan fingerprint density at radius 1 is 0.962 bits per heavy atom. The van der Waals surface area contributed by atoms with Crippen molar-refractivity contribution < 1.29 is 13.2 Å². The number of nitrogens with one attached hydrogen (secondary N) is 4. The predicted molar refractivity (Wildman–Crippen MR) is 105 cm³/mol. The lowest BCUT2D eigenvalue weighted by Gasteiger charge is -2.14. The number of hydrogen-bond acceptors (Lipinski definition) is 4. The normalized spacial score (nSPS) is 10.9. The number of benzene rings is 2. The molecule has 2 aromatic carbocycles. The molecule has 26 heavy (non-hydrogen) atoms. The lowest BCUT2D eigenvalue weighted by Crippen LogP contribution is -2.48. The van der Waals surface area contributed by atoms with Crippen molar-refractivity contribution in [3.05, 3.63) is 60.2 Å². The second kappa shape index (κ2) is 8.63. The predicted octanol–water partition coefficient (Wildman–Crippen LogP) is 2.00. The second-order valence-electron chi connectivity index (χ2n) is 5.70. The van der Waals surface area contributed by atoms with Crippen LogP contribution in [0.5, 0.6) is 0 Å². The van der Waals surface area contributed by atoms with Crippen LogP contribution in [0.4, 0.5) is 5.69 Å². The Bertz CT molecular complexity index is 867. The molecular weight excluding hydrogens is 372 g/mol. The molecular formula is C17H20N4O3S2. The molecule has 0 radical (unpaired) electrons. The molecule has 0 heterocycles. The summed E-state index contributed by atoms with van der Waals surface area (Å²) < 4.78 is 27.2. The molecule has 0 aliphatic heterocycles. The van der Waals surface area contributed by atoms with Gasteiger partial charge in [0.1, 0.15) is 0 Å². The Kier molecular flexibility index (Phi) is 6.53. The molecule has 0 saturated carbocycles. The number of anilines is 1. The van der Waals surface area contributed by atoms with E-state index in [4.69, 9.17) is 12.2 Å². The number of carbonyl (C=O) groups is 1. The number of rotatable bonds is 5. The van der Waals surface area contributed by atoms with E-state index in [1.165, 1.54) is 24.3 Å². The molecule has 0 bridgehead atoms. The summed E-state index contributed by atoms with van der Waals surface area (Å²) in [5, 5.41) is 3.21. The van der Waals surface area contributed by atoms with Crippen LogP contribution in [-0.2, 0) is 10.0 Å². The first kappa shape index (κ1) is 19.7. The third-order valence-electron chi connectivity index (χ3n) is 3.16. The zero-order valence-electron chi connectivity index (χ0n) is 14.3. The van der Waals surface area contributed by atoms with E-state index in [1.54, 1.807) is 30.3 Å². The van der Waals surface area contributed by atoms with E-state index >= 15 is 0 Å². The molecule has 9 heteroatoms. The number of para-hydroxylation sites is 1. The first-order valence-electron chi connectivity index (χ1n) is 7.83. The quantitative estimate of drug-likeness (QED) is 0.459. The molecule has 0 aliphatic carbocycles. The van der Waals surface area contributed by atoms with Crippen molar-refractivity contribution in [1.29, 1.82) is 0 Å². The Morgan fingerprint density at radius 2 is 1.58 bits per heavy atom. The minimum absolute atomic E-state index is 0.0582. The fourth-order valence-corrected chi connectivity index (χ4v) is 3.34. The van der Waals surface area contributed by atoms with Gasteiger partial charge in [0.05, 0.1) is 4.90 Å². The highest BCUT2D eigenvalue weighted by Gasteiger charge is 2.15. The van der Waals surface area contributed by atoms with Crippen LogP contribution in [-0.4, -0.2) is 25.5 Å². The number of thiocarbonyl (C=S) groups is 1. The van der Waals surface area contributed by atoms with Crippen LogP contribution in [0.25, 0.3) is 0 Å². The van der Waals surface area contributed by atoms with E-state index in [-0.39, 0.29) is 10.9 Å². The van der Waals surface area contributed by atoms with Crippen LogP contribution < -0.4 is 20.9 Å². The van der Waals surface area contributed by atoms with Crippen LogP contribution in [0.2, 0.25) is 0 Å². The highest BCUT2D eigenvalue weighted by molar-refractivity contribution is 7.92. The molecule has 7 nitrogen and oxygen atoms in total. The van der Waals surface area contributed by atoms with Gasteiger partial charge in [-0.15, -0.1) is 0 Å². The average molecular weight is 393 g/mol. The molecule has 0 atom stereocenters. The summed E-state index contributed by atoms with van der Waals surface area (Å²) in [4.78, 5) is 12.1. The van der Waals surface area contributed by atoms with Crippen molar-refractivity contribution in [2.24, 2.45) is 0 Å². The highest BCUT2D eigenvalue weighted by Crippen LogP contribution is 2.16. The van der Waals surface area contributed by atoms with Gasteiger partial charge in [-0.2, -0.15) is 0 Å². The molecule has 0 aromatic heterocycles. The molecule has 0 aliphatic rings. The van der Waals surface area contributed by atoms with Crippen molar-refractivity contribution in [3.8, 4) is 0 Å². The molecule has 0 fully saturated rings. The van der Waals surface area contributed by atoms with Gasteiger partial charge in [-0.3, -0.25) is 20.4 Å². The van der Waals surface area contributed by atoms with Crippen LogP contribution in [0.1, 0.15) is 24.2 Å². The number of sulfonamides is 1. The van der Waals surface area contributed by atoms with Gasteiger partial charge in [-0.05, 0) is 62.5 Å². The average Bonchev–Trinajstić information content (AvgIpc) is 2.60. The van der Waals surface area contributed by atoms with Crippen LogP contribution in [0, 0.1) is 0 Å². The maximum Gasteiger partial charge on any atom is 0.269 e. The van der Waals surface area contributed by atoms with Gasteiger partial charge < -0.3 is 5.32 Å². The zero-order valence-corrected chi connectivity index (χ0v) is 15.9. The van der Waals surface area contributed by atoms with Crippen LogP contribution in [0.15, 0.2) is 59.5 Å². The molecule has 0 unspecified atom stereocenters. The molecule has 0 saturated heterocycles. The fraction of sp³-hybridized carbons (Fsp3) is 0.176. The summed E-state index contributed by atoms with van der Waals surface area (Å²) in [6, 6.07) is 14.3. The van der Waals surface area contributed by atoms with Gasteiger partial charge in [0.25, 0.3) is 15.9 Å². The van der Waals surface area contributed by atoms with Crippen molar-refractivity contribution in [3.63, 3.8) is 0 Å². The van der Waals surface area contributed by atoms with E-state index in [0.717, 1.165) is 0 Å². The SMILES string of the molecule is CC(C)NC(=S)NNC(=O)c1ccc(S(=O)(=O)Nc2ccccc2)cc1. The molecule has 4 N–H and O–H groups in total. The Balaban J connectivity index is 2.01. The van der Waals surface area contributed by atoms with E-state index in [9.17, 15) is 13.2 Å². The van der Waals surface area contributed by atoms with Gasteiger partial charge in [0.2, 0.25) is 0 Å². The van der Waals surface area contributed by atoms with E-state index in [2.05, 4.69) is 20.9 Å². The number of hydrogen-bond donors (Lipinski definition) is 4. The van der Waals surface area contributed by atoms with Crippen LogP contribution in [0.3, 0.4) is 0 Å². The Morgan fingerprint density at radius 3 is 2.15 bits per heavy atom. The third kappa shape index (κ3) is 5.71. The summed E-state index contributed by atoms with van der Waals surface area (Å²) in [5.74, 6) is -0.433. The van der Waals surface area contributed by atoms with Gasteiger partial charge in [-0.1, -0.05) is 18.2 Å². The number of amides is 1.